The van der Waals surface area contributed by atoms with Crippen molar-refractivity contribution in [3.05, 3.63) is 39.6 Å². The molecule has 0 radical (unpaired) electrons. The third-order valence-corrected chi connectivity index (χ3v) is 4.91. The van der Waals surface area contributed by atoms with Crippen LogP contribution in [0.2, 0.25) is 0 Å². The number of hydrogen-bond acceptors (Lipinski definition) is 3. The molecule has 0 fully saturated rings. The molecule has 0 atom stereocenters. The van der Waals surface area contributed by atoms with Crippen molar-refractivity contribution in [2.75, 3.05) is 0 Å². The largest absolute Gasteiger partial charge is 0.329 e. The Morgan fingerprint density at radius 1 is 1.25 bits per heavy atom. The Hall–Kier alpha value is -1.13. The second-order valence-corrected chi connectivity index (χ2v) is 7.13. The van der Waals surface area contributed by atoms with E-state index in [1.807, 2.05) is 17.7 Å². The van der Waals surface area contributed by atoms with E-state index >= 15 is 0 Å². The number of aryl methyl sites for hydroxylation is 1. The maximum atomic E-state index is 4.57. The summed E-state index contributed by atoms with van der Waals surface area (Å²) in [6, 6.07) is 5.05. The topological polar surface area (TPSA) is 29.9 Å². The Balaban J connectivity index is 1.67. The first kappa shape index (κ1) is 13.8. The van der Waals surface area contributed by atoms with Gasteiger partial charge in [-0.25, -0.2) is 4.98 Å². The molecule has 2 aromatic rings. The molecule has 1 aliphatic rings. The van der Waals surface area contributed by atoms with E-state index in [0.717, 1.165) is 19.5 Å². The molecule has 0 aromatic carbocycles. The molecule has 20 heavy (non-hydrogen) atoms. The van der Waals surface area contributed by atoms with Gasteiger partial charge in [-0.1, -0.05) is 13.8 Å². The fourth-order valence-corrected chi connectivity index (χ4v) is 3.71. The number of rotatable bonds is 5. The Morgan fingerprint density at radius 3 is 2.90 bits per heavy atom. The predicted octanol–water partition coefficient (Wildman–Crippen LogP) is 3.37. The highest BCUT2D eigenvalue weighted by Crippen LogP contribution is 2.23. The molecule has 0 bridgehead atoms. The molecule has 0 spiro atoms. The van der Waals surface area contributed by atoms with Gasteiger partial charge in [0.2, 0.25) is 0 Å². The minimum atomic E-state index is 0.543. The fraction of sp³-hybridized carbons (Fsp3) is 0.562. The van der Waals surface area contributed by atoms with E-state index in [1.54, 1.807) is 0 Å². The average molecular weight is 289 g/mol. The number of hydrogen-bond donors (Lipinski definition) is 1. The molecule has 1 N–H and O–H groups in total. The minimum absolute atomic E-state index is 0.543. The summed E-state index contributed by atoms with van der Waals surface area (Å²) < 4.78 is 2.35. The van der Waals surface area contributed by atoms with Gasteiger partial charge < -0.3 is 9.88 Å². The van der Waals surface area contributed by atoms with E-state index in [-0.39, 0.29) is 0 Å². The van der Waals surface area contributed by atoms with Crippen LogP contribution in [0.25, 0.3) is 0 Å². The van der Waals surface area contributed by atoms with Crippen molar-refractivity contribution < 1.29 is 0 Å². The fourth-order valence-electron chi connectivity index (χ4n) is 2.74. The van der Waals surface area contributed by atoms with Crippen LogP contribution in [0.15, 0.2) is 18.5 Å². The van der Waals surface area contributed by atoms with Gasteiger partial charge in [0.05, 0.1) is 18.6 Å². The summed E-state index contributed by atoms with van der Waals surface area (Å²) in [6.45, 7) is 6.33. The molecular formula is C16H23N3S. The summed E-state index contributed by atoms with van der Waals surface area (Å²) in [7, 11) is 0. The maximum Gasteiger partial charge on any atom is 0.0955 e. The van der Waals surface area contributed by atoms with Gasteiger partial charge >= 0.3 is 0 Å². The predicted molar refractivity (Wildman–Crippen MR) is 84.3 cm³/mol. The molecule has 0 aliphatic heterocycles. The van der Waals surface area contributed by atoms with Crippen molar-refractivity contribution in [3.8, 4) is 0 Å². The van der Waals surface area contributed by atoms with Crippen LogP contribution in [-0.2, 0) is 25.9 Å². The summed E-state index contributed by atoms with van der Waals surface area (Å²) >= 11 is 1.91. The summed E-state index contributed by atoms with van der Waals surface area (Å²) in [4.78, 5) is 7.42. The molecule has 108 valence electrons. The number of aromatic nitrogens is 2. The minimum Gasteiger partial charge on any atom is -0.329 e. The van der Waals surface area contributed by atoms with Crippen LogP contribution in [0.5, 0.6) is 0 Å². The van der Waals surface area contributed by atoms with Crippen molar-refractivity contribution in [2.24, 2.45) is 0 Å². The van der Waals surface area contributed by atoms with Gasteiger partial charge in [-0.15, -0.1) is 11.3 Å². The van der Waals surface area contributed by atoms with Crippen molar-refractivity contribution >= 4 is 11.3 Å². The van der Waals surface area contributed by atoms with E-state index in [0.29, 0.717) is 6.04 Å². The first-order valence-corrected chi connectivity index (χ1v) is 8.38. The zero-order valence-electron chi connectivity index (χ0n) is 12.4. The summed E-state index contributed by atoms with van der Waals surface area (Å²) in [6.07, 6.45) is 7.00. The number of thiophene rings is 1. The van der Waals surface area contributed by atoms with Crippen molar-refractivity contribution in [1.82, 2.24) is 14.9 Å². The lowest BCUT2D eigenvalue weighted by Gasteiger charge is -2.13. The highest BCUT2D eigenvalue weighted by molar-refractivity contribution is 7.11. The van der Waals surface area contributed by atoms with Gasteiger partial charge in [-0.2, -0.15) is 0 Å². The number of nitrogens with zero attached hydrogens (tertiary/aromatic N) is 2. The summed E-state index contributed by atoms with van der Waals surface area (Å²) in [5.41, 5.74) is 2.79. The molecule has 4 heteroatoms. The number of fused-ring (bicyclic) bond motifs is 1. The van der Waals surface area contributed by atoms with Crippen molar-refractivity contribution in [1.29, 1.82) is 0 Å². The lowest BCUT2D eigenvalue weighted by molar-refractivity contribution is 0.593. The Morgan fingerprint density at radius 2 is 2.05 bits per heavy atom. The molecule has 0 unspecified atom stereocenters. The Labute approximate surface area is 125 Å². The van der Waals surface area contributed by atoms with Gasteiger partial charge in [-0.3, -0.25) is 0 Å². The van der Waals surface area contributed by atoms with Crippen LogP contribution in [0, 0.1) is 0 Å². The van der Waals surface area contributed by atoms with Crippen LogP contribution < -0.4 is 5.32 Å². The van der Waals surface area contributed by atoms with Gasteiger partial charge in [0.1, 0.15) is 0 Å². The molecule has 1 aliphatic carbocycles. The first-order chi connectivity index (χ1) is 9.72. The van der Waals surface area contributed by atoms with Gasteiger partial charge in [0.15, 0.2) is 0 Å². The van der Waals surface area contributed by atoms with Crippen molar-refractivity contribution in [3.63, 3.8) is 0 Å². The van der Waals surface area contributed by atoms with E-state index < -0.39 is 0 Å². The summed E-state index contributed by atoms with van der Waals surface area (Å²) in [5.74, 6) is 0. The Kier molecular flexibility index (Phi) is 4.22. The third kappa shape index (κ3) is 3.13. The molecule has 3 rings (SSSR count). The molecule has 0 saturated carbocycles. The standard InChI is InChI=1S/C16H23N3S/c1-12(2)17-9-13-7-8-14(20-13)10-19-11-18-15-5-3-4-6-16(15)19/h7-8,11-12,17H,3-6,9-10H2,1-2H3. The molecule has 3 nitrogen and oxygen atoms in total. The van der Waals surface area contributed by atoms with Crippen LogP contribution in [0.3, 0.4) is 0 Å². The monoisotopic (exact) mass is 289 g/mol. The normalized spacial score (nSPS) is 14.8. The van der Waals surface area contributed by atoms with Crippen LogP contribution in [0.4, 0.5) is 0 Å². The van der Waals surface area contributed by atoms with E-state index in [4.69, 9.17) is 0 Å². The smallest absolute Gasteiger partial charge is 0.0955 e. The molecule has 2 aromatic heterocycles. The first-order valence-electron chi connectivity index (χ1n) is 7.56. The molecule has 0 saturated heterocycles. The van der Waals surface area contributed by atoms with Crippen molar-refractivity contribution in [2.45, 2.75) is 58.7 Å². The SMILES string of the molecule is CC(C)NCc1ccc(Cn2cnc3c2CCCC3)s1. The van der Waals surface area contributed by atoms with Gasteiger partial charge in [0.25, 0.3) is 0 Å². The highest BCUT2D eigenvalue weighted by Gasteiger charge is 2.15. The third-order valence-electron chi connectivity index (χ3n) is 3.84. The molecule has 2 heterocycles. The quantitative estimate of drug-likeness (QED) is 0.914. The lowest BCUT2D eigenvalue weighted by atomic mass is 10.0. The number of nitrogens with one attached hydrogen (secondary N) is 1. The zero-order valence-corrected chi connectivity index (χ0v) is 13.2. The second-order valence-electron chi connectivity index (χ2n) is 5.88. The lowest BCUT2D eigenvalue weighted by Crippen LogP contribution is -2.21. The van der Waals surface area contributed by atoms with Crippen LogP contribution >= 0.6 is 11.3 Å². The van der Waals surface area contributed by atoms with E-state index in [9.17, 15) is 0 Å². The maximum absolute atomic E-state index is 4.57. The molecular weight excluding hydrogens is 266 g/mol. The van der Waals surface area contributed by atoms with Crippen LogP contribution in [-0.4, -0.2) is 15.6 Å². The van der Waals surface area contributed by atoms with E-state index in [2.05, 4.69) is 40.8 Å². The van der Waals surface area contributed by atoms with E-state index in [1.165, 1.54) is 40.4 Å². The zero-order chi connectivity index (χ0) is 13.9. The highest BCUT2D eigenvalue weighted by atomic mass is 32.1. The summed E-state index contributed by atoms with van der Waals surface area (Å²) in [5, 5.41) is 3.48. The van der Waals surface area contributed by atoms with Gasteiger partial charge in [-0.05, 0) is 37.8 Å². The number of imidazole rings is 1. The second kappa shape index (κ2) is 6.10. The Bertz CT molecular complexity index is 568. The van der Waals surface area contributed by atoms with Crippen LogP contribution in [0.1, 0.15) is 47.8 Å². The van der Waals surface area contributed by atoms with Gasteiger partial charge in [0, 0.05) is 28.0 Å². The average Bonchev–Trinajstić information content (AvgIpc) is 3.05. The molecule has 0 amide bonds.